The Morgan fingerprint density at radius 3 is 2.63 bits per heavy atom. The molecule has 0 aliphatic heterocycles. The number of carbonyl (C=O) groups is 1. The van der Waals surface area contributed by atoms with Crippen molar-refractivity contribution in [2.45, 2.75) is 0 Å². The summed E-state index contributed by atoms with van der Waals surface area (Å²) in [5.41, 5.74) is 4.93. The standard InChI is InChI=1S/C19H17ClN4O3/c1-26-15-8-5-13(18(9-15)27-2)11-21-24-19(25)17-10-16(22-23-17)12-3-6-14(20)7-4-12/h3-11H,1-2H3,(H,22,23)(H,24,25). The lowest BCUT2D eigenvalue weighted by atomic mass is 10.1. The quantitative estimate of drug-likeness (QED) is 0.502. The number of hydrogen-bond donors (Lipinski definition) is 2. The van der Waals surface area contributed by atoms with Crippen LogP contribution in [0.1, 0.15) is 16.1 Å². The minimum absolute atomic E-state index is 0.291. The van der Waals surface area contributed by atoms with Crippen LogP contribution in [0, 0.1) is 0 Å². The molecule has 3 aromatic rings. The van der Waals surface area contributed by atoms with Gasteiger partial charge in [0.15, 0.2) is 0 Å². The van der Waals surface area contributed by atoms with E-state index in [0.29, 0.717) is 33.5 Å². The van der Waals surface area contributed by atoms with Gasteiger partial charge in [-0.15, -0.1) is 0 Å². The Morgan fingerprint density at radius 2 is 1.93 bits per heavy atom. The highest BCUT2D eigenvalue weighted by atomic mass is 35.5. The van der Waals surface area contributed by atoms with Gasteiger partial charge in [-0.1, -0.05) is 23.7 Å². The third-order valence-corrected chi connectivity index (χ3v) is 4.02. The third kappa shape index (κ3) is 4.45. The topological polar surface area (TPSA) is 88.6 Å². The molecule has 138 valence electrons. The largest absolute Gasteiger partial charge is 0.497 e. The van der Waals surface area contributed by atoms with Crippen molar-refractivity contribution in [3.63, 3.8) is 0 Å². The van der Waals surface area contributed by atoms with Gasteiger partial charge in [-0.25, -0.2) is 5.43 Å². The smallest absolute Gasteiger partial charge is 0.289 e. The van der Waals surface area contributed by atoms with Crippen molar-refractivity contribution in [3.8, 4) is 22.8 Å². The lowest BCUT2D eigenvalue weighted by molar-refractivity contribution is 0.0950. The number of benzene rings is 2. The van der Waals surface area contributed by atoms with E-state index in [-0.39, 0.29) is 0 Å². The van der Waals surface area contributed by atoms with E-state index in [1.54, 1.807) is 50.6 Å². The van der Waals surface area contributed by atoms with Crippen LogP contribution in [0.3, 0.4) is 0 Å². The van der Waals surface area contributed by atoms with Crippen LogP contribution in [0.15, 0.2) is 53.6 Å². The van der Waals surface area contributed by atoms with Crippen molar-refractivity contribution < 1.29 is 14.3 Å². The van der Waals surface area contributed by atoms with Crippen LogP contribution >= 0.6 is 11.6 Å². The maximum absolute atomic E-state index is 12.2. The number of aromatic amines is 1. The van der Waals surface area contributed by atoms with Crippen molar-refractivity contribution in [2.24, 2.45) is 5.10 Å². The monoisotopic (exact) mass is 384 g/mol. The molecule has 0 fully saturated rings. The predicted octanol–water partition coefficient (Wildman–Crippen LogP) is 3.51. The number of amides is 1. The second-order valence-electron chi connectivity index (χ2n) is 5.48. The SMILES string of the molecule is COc1ccc(C=NNC(=O)c2cc(-c3ccc(Cl)cc3)n[nH]2)c(OC)c1. The molecule has 0 bridgehead atoms. The lowest BCUT2D eigenvalue weighted by Crippen LogP contribution is -2.18. The van der Waals surface area contributed by atoms with Gasteiger partial charge in [-0.05, 0) is 30.3 Å². The first kappa shape index (κ1) is 18.5. The third-order valence-electron chi connectivity index (χ3n) is 3.77. The van der Waals surface area contributed by atoms with E-state index >= 15 is 0 Å². The lowest BCUT2D eigenvalue weighted by Gasteiger charge is -2.06. The van der Waals surface area contributed by atoms with Crippen LogP contribution in [-0.4, -0.2) is 36.5 Å². The molecule has 27 heavy (non-hydrogen) atoms. The maximum Gasteiger partial charge on any atom is 0.289 e. The molecule has 2 N–H and O–H groups in total. The molecule has 0 saturated carbocycles. The first-order chi connectivity index (χ1) is 13.1. The summed E-state index contributed by atoms with van der Waals surface area (Å²) in [6.45, 7) is 0. The van der Waals surface area contributed by atoms with E-state index in [9.17, 15) is 4.79 Å². The Labute approximate surface area is 161 Å². The van der Waals surface area contributed by atoms with Crippen molar-refractivity contribution in [3.05, 3.63) is 64.8 Å². The average Bonchev–Trinajstić information content (AvgIpc) is 3.19. The van der Waals surface area contributed by atoms with Crippen LogP contribution in [0.2, 0.25) is 5.02 Å². The highest BCUT2D eigenvalue weighted by Gasteiger charge is 2.10. The van der Waals surface area contributed by atoms with Crippen LogP contribution in [0.25, 0.3) is 11.3 Å². The van der Waals surface area contributed by atoms with Gasteiger partial charge in [0.25, 0.3) is 5.91 Å². The van der Waals surface area contributed by atoms with Gasteiger partial charge in [0.2, 0.25) is 0 Å². The van der Waals surface area contributed by atoms with Crippen LogP contribution in [-0.2, 0) is 0 Å². The van der Waals surface area contributed by atoms with E-state index in [0.717, 1.165) is 5.56 Å². The second-order valence-corrected chi connectivity index (χ2v) is 5.92. The molecule has 0 unspecified atom stereocenters. The minimum atomic E-state index is -0.411. The number of aromatic nitrogens is 2. The van der Waals surface area contributed by atoms with E-state index in [4.69, 9.17) is 21.1 Å². The molecule has 0 aliphatic carbocycles. The molecular formula is C19H17ClN4O3. The van der Waals surface area contributed by atoms with E-state index in [1.165, 1.54) is 6.21 Å². The van der Waals surface area contributed by atoms with Gasteiger partial charge in [-0.3, -0.25) is 9.89 Å². The molecule has 0 atom stereocenters. The fraction of sp³-hybridized carbons (Fsp3) is 0.105. The molecule has 1 heterocycles. The molecule has 2 aromatic carbocycles. The first-order valence-corrected chi connectivity index (χ1v) is 8.35. The number of nitrogens with zero attached hydrogens (tertiary/aromatic N) is 2. The number of ether oxygens (including phenoxy) is 2. The molecule has 3 rings (SSSR count). The summed E-state index contributed by atoms with van der Waals surface area (Å²) in [4.78, 5) is 12.2. The summed E-state index contributed by atoms with van der Waals surface area (Å²) in [6.07, 6.45) is 1.49. The number of hydrazone groups is 1. The fourth-order valence-electron chi connectivity index (χ4n) is 2.35. The number of methoxy groups -OCH3 is 2. The second kappa shape index (κ2) is 8.37. The Bertz CT molecular complexity index is 967. The number of rotatable bonds is 6. The minimum Gasteiger partial charge on any atom is -0.497 e. The Balaban J connectivity index is 1.68. The Kier molecular flexibility index (Phi) is 5.73. The predicted molar refractivity (Wildman–Crippen MR) is 104 cm³/mol. The number of carbonyl (C=O) groups excluding carboxylic acids is 1. The van der Waals surface area contributed by atoms with Crippen molar-refractivity contribution in [2.75, 3.05) is 14.2 Å². The molecular weight excluding hydrogens is 368 g/mol. The van der Waals surface area contributed by atoms with Crippen molar-refractivity contribution in [1.82, 2.24) is 15.6 Å². The zero-order valence-electron chi connectivity index (χ0n) is 14.7. The normalized spacial score (nSPS) is 10.8. The van der Waals surface area contributed by atoms with E-state index in [2.05, 4.69) is 20.7 Å². The van der Waals surface area contributed by atoms with Crippen molar-refractivity contribution in [1.29, 1.82) is 0 Å². The summed E-state index contributed by atoms with van der Waals surface area (Å²) in [6, 6.07) is 14.1. The fourth-order valence-corrected chi connectivity index (χ4v) is 2.48. The number of nitrogens with one attached hydrogen (secondary N) is 2. The molecule has 0 radical (unpaired) electrons. The van der Waals surface area contributed by atoms with Crippen LogP contribution in [0.4, 0.5) is 0 Å². The molecule has 1 amide bonds. The molecule has 0 aliphatic rings. The van der Waals surface area contributed by atoms with Crippen molar-refractivity contribution >= 4 is 23.7 Å². The number of H-pyrrole nitrogens is 1. The van der Waals surface area contributed by atoms with Gasteiger partial charge in [0.05, 0.1) is 26.1 Å². The van der Waals surface area contributed by atoms with Gasteiger partial charge in [0.1, 0.15) is 17.2 Å². The molecule has 0 spiro atoms. The zero-order chi connectivity index (χ0) is 19.2. The Hall–Kier alpha value is -3.32. The van der Waals surface area contributed by atoms with Gasteiger partial charge >= 0.3 is 0 Å². The van der Waals surface area contributed by atoms with E-state index in [1.807, 2.05) is 12.1 Å². The maximum atomic E-state index is 12.2. The Morgan fingerprint density at radius 1 is 1.15 bits per heavy atom. The zero-order valence-corrected chi connectivity index (χ0v) is 15.4. The van der Waals surface area contributed by atoms with Gasteiger partial charge < -0.3 is 9.47 Å². The molecule has 0 saturated heterocycles. The van der Waals surface area contributed by atoms with Gasteiger partial charge in [-0.2, -0.15) is 10.2 Å². The van der Waals surface area contributed by atoms with Gasteiger partial charge in [0, 0.05) is 22.2 Å². The first-order valence-electron chi connectivity index (χ1n) is 7.97. The summed E-state index contributed by atoms with van der Waals surface area (Å²) < 4.78 is 10.4. The summed E-state index contributed by atoms with van der Waals surface area (Å²) in [5.74, 6) is 0.839. The molecule has 1 aromatic heterocycles. The summed E-state index contributed by atoms with van der Waals surface area (Å²) in [5, 5.41) is 11.4. The molecule has 8 heteroatoms. The average molecular weight is 385 g/mol. The number of hydrogen-bond acceptors (Lipinski definition) is 5. The van der Waals surface area contributed by atoms with Crippen LogP contribution in [0.5, 0.6) is 11.5 Å². The molecule has 7 nitrogen and oxygen atoms in total. The summed E-state index contributed by atoms with van der Waals surface area (Å²) in [7, 11) is 3.12. The summed E-state index contributed by atoms with van der Waals surface area (Å²) >= 11 is 5.88. The highest BCUT2D eigenvalue weighted by molar-refractivity contribution is 6.30. The van der Waals surface area contributed by atoms with Crippen LogP contribution < -0.4 is 14.9 Å². The number of halogens is 1. The van der Waals surface area contributed by atoms with E-state index < -0.39 is 5.91 Å². The highest BCUT2D eigenvalue weighted by Crippen LogP contribution is 2.23.